The van der Waals surface area contributed by atoms with Crippen LogP contribution in [0.25, 0.3) is 0 Å². The largest absolute Gasteiger partial charge is 0.377 e. The van der Waals surface area contributed by atoms with Crippen LogP contribution in [0.15, 0.2) is 11.1 Å². The Hall–Kier alpha value is -0.920. The molecule has 0 spiro atoms. The van der Waals surface area contributed by atoms with Crippen molar-refractivity contribution in [2.24, 2.45) is 0 Å². The summed E-state index contributed by atoms with van der Waals surface area (Å²) >= 11 is 0. The summed E-state index contributed by atoms with van der Waals surface area (Å²) in [7, 11) is -3.46. The Kier molecular flexibility index (Phi) is 4.04. The number of hydrogen-bond acceptors (Lipinski definition) is 4. The molecule has 1 unspecified atom stereocenters. The van der Waals surface area contributed by atoms with Gasteiger partial charge in [-0.3, -0.25) is 5.10 Å². The Bertz CT molecular complexity index is 497. The molecule has 2 heterocycles. The molecule has 0 bridgehead atoms. The average molecular weight is 273 g/mol. The van der Waals surface area contributed by atoms with Crippen LogP contribution in [0.1, 0.15) is 25.5 Å². The van der Waals surface area contributed by atoms with Crippen molar-refractivity contribution in [3.8, 4) is 0 Å². The van der Waals surface area contributed by atoms with Crippen molar-refractivity contribution in [3.63, 3.8) is 0 Å². The van der Waals surface area contributed by atoms with Crippen LogP contribution in [0.3, 0.4) is 0 Å². The van der Waals surface area contributed by atoms with Crippen LogP contribution >= 0.6 is 0 Å². The van der Waals surface area contributed by atoms with E-state index in [0.717, 1.165) is 12.8 Å². The van der Waals surface area contributed by atoms with Gasteiger partial charge >= 0.3 is 0 Å². The molecule has 1 aliphatic heterocycles. The molecule has 18 heavy (non-hydrogen) atoms. The maximum Gasteiger partial charge on any atom is 0.246 e. The second kappa shape index (κ2) is 5.38. The minimum atomic E-state index is -3.46. The number of aromatic amines is 1. The Labute approximate surface area is 107 Å². The lowest BCUT2D eigenvalue weighted by atomic mass is 10.3. The first-order valence-corrected chi connectivity index (χ1v) is 7.61. The Balaban J connectivity index is 2.26. The van der Waals surface area contributed by atoms with Gasteiger partial charge in [-0.2, -0.15) is 9.40 Å². The lowest BCUT2D eigenvalue weighted by molar-refractivity contribution is 0.0593. The number of nitrogens with zero attached hydrogens (tertiary/aromatic N) is 2. The third kappa shape index (κ3) is 2.57. The summed E-state index contributed by atoms with van der Waals surface area (Å²) in [4.78, 5) is 0.263. The molecule has 0 aliphatic carbocycles. The molecular formula is C11H19N3O3S. The van der Waals surface area contributed by atoms with Crippen molar-refractivity contribution in [1.29, 1.82) is 0 Å². The van der Waals surface area contributed by atoms with Crippen LogP contribution in [0.2, 0.25) is 0 Å². The molecule has 0 saturated carbocycles. The highest BCUT2D eigenvalue weighted by atomic mass is 32.2. The summed E-state index contributed by atoms with van der Waals surface area (Å²) in [6.45, 7) is 5.26. The summed E-state index contributed by atoms with van der Waals surface area (Å²) in [6.07, 6.45) is 2.90. The highest BCUT2D eigenvalue weighted by Crippen LogP contribution is 2.20. The van der Waals surface area contributed by atoms with Gasteiger partial charge in [0.2, 0.25) is 10.0 Å². The summed E-state index contributed by atoms with van der Waals surface area (Å²) in [5, 5.41) is 6.45. The molecule has 1 aromatic rings. The van der Waals surface area contributed by atoms with Gasteiger partial charge in [0.05, 0.1) is 18.0 Å². The molecule has 0 amide bonds. The van der Waals surface area contributed by atoms with E-state index in [1.807, 2.05) is 6.92 Å². The highest BCUT2D eigenvalue weighted by Gasteiger charge is 2.30. The Morgan fingerprint density at radius 2 is 2.39 bits per heavy atom. The number of aryl methyl sites for hydroxylation is 1. The zero-order valence-electron chi connectivity index (χ0n) is 10.7. The average Bonchev–Trinajstić information content (AvgIpc) is 2.65. The van der Waals surface area contributed by atoms with Crippen LogP contribution < -0.4 is 0 Å². The number of nitrogens with one attached hydrogen (secondary N) is 1. The van der Waals surface area contributed by atoms with Crippen LogP contribution in [0, 0.1) is 6.92 Å². The van der Waals surface area contributed by atoms with E-state index in [9.17, 15) is 8.42 Å². The van der Waals surface area contributed by atoms with E-state index in [-0.39, 0.29) is 11.0 Å². The van der Waals surface area contributed by atoms with Crippen molar-refractivity contribution in [2.75, 3.05) is 19.7 Å². The van der Waals surface area contributed by atoms with Crippen molar-refractivity contribution in [3.05, 3.63) is 11.9 Å². The fourth-order valence-corrected chi connectivity index (χ4v) is 3.69. The van der Waals surface area contributed by atoms with Gasteiger partial charge in [0, 0.05) is 19.7 Å². The zero-order chi connectivity index (χ0) is 13.2. The van der Waals surface area contributed by atoms with Gasteiger partial charge in [-0.15, -0.1) is 0 Å². The van der Waals surface area contributed by atoms with E-state index in [1.54, 1.807) is 6.92 Å². The van der Waals surface area contributed by atoms with Gasteiger partial charge in [0.1, 0.15) is 4.90 Å². The molecule has 1 aromatic heterocycles. The van der Waals surface area contributed by atoms with Crippen molar-refractivity contribution < 1.29 is 13.2 Å². The molecule has 2 rings (SSSR count). The van der Waals surface area contributed by atoms with Gasteiger partial charge in [0.25, 0.3) is 0 Å². The predicted octanol–water partition coefficient (Wildman–Crippen LogP) is 0.908. The number of hydrogen-bond donors (Lipinski definition) is 1. The van der Waals surface area contributed by atoms with Crippen molar-refractivity contribution >= 4 is 10.0 Å². The fourth-order valence-electron chi connectivity index (χ4n) is 2.07. The molecule has 6 nitrogen and oxygen atoms in total. The molecule has 0 aromatic carbocycles. The van der Waals surface area contributed by atoms with Gasteiger partial charge < -0.3 is 4.74 Å². The Morgan fingerprint density at radius 3 is 3.00 bits per heavy atom. The maximum atomic E-state index is 12.5. The van der Waals surface area contributed by atoms with E-state index in [4.69, 9.17) is 4.74 Å². The van der Waals surface area contributed by atoms with Crippen LogP contribution in [-0.2, 0) is 14.8 Å². The molecule has 0 radical (unpaired) electrons. The summed E-state index contributed by atoms with van der Waals surface area (Å²) in [6, 6.07) is 0. The first-order valence-electron chi connectivity index (χ1n) is 6.17. The maximum absolute atomic E-state index is 12.5. The van der Waals surface area contributed by atoms with Crippen molar-refractivity contribution in [1.82, 2.24) is 14.5 Å². The fraction of sp³-hybridized carbons (Fsp3) is 0.727. The standard InChI is InChI=1S/C11H19N3O3S/c1-3-10-8-14(5-4-6-17-10)18(15,16)11-7-12-13-9(11)2/h7,10H,3-6,8H2,1-2H3,(H,12,13). The quantitative estimate of drug-likeness (QED) is 0.888. The topological polar surface area (TPSA) is 75.3 Å². The summed E-state index contributed by atoms with van der Waals surface area (Å²) in [5.74, 6) is 0. The number of sulfonamides is 1. The van der Waals surface area contributed by atoms with E-state index in [2.05, 4.69) is 10.2 Å². The first kappa shape index (κ1) is 13.5. The molecular weight excluding hydrogens is 254 g/mol. The number of rotatable bonds is 3. The normalized spacial score (nSPS) is 22.9. The van der Waals surface area contributed by atoms with Crippen LogP contribution in [0.5, 0.6) is 0 Å². The minimum Gasteiger partial charge on any atom is -0.377 e. The number of aromatic nitrogens is 2. The zero-order valence-corrected chi connectivity index (χ0v) is 11.5. The molecule has 1 N–H and O–H groups in total. The first-order chi connectivity index (χ1) is 8.55. The molecule has 1 fully saturated rings. The number of H-pyrrole nitrogens is 1. The summed E-state index contributed by atoms with van der Waals surface area (Å²) in [5.41, 5.74) is 0.577. The van der Waals surface area contributed by atoms with Gasteiger partial charge in [-0.1, -0.05) is 6.92 Å². The van der Waals surface area contributed by atoms with E-state index >= 15 is 0 Å². The van der Waals surface area contributed by atoms with E-state index < -0.39 is 10.0 Å². The van der Waals surface area contributed by atoms with Crippen LogP contribution in [-0.4, -0.2) is 48.7 Å². The van der Waals surface area contributed by atoms with E-state index in [1.165, 1.54) is 10.5 Å². The Morgan fingerprint density at radius 1 is 1.61 bits per heavy atom. The van der Waals surface area contributed by atoms with Crippen LogP contribution in [0.4, 0.5) is 0 Å². The molecule has 102 valence electrons. The van der Waals surface area contributed by atoms with Gasteiger partial charge in [0.15, 0.2) is 0 Å². The second-order valence-electron chi connectivity index (χ2n) is 4.48. The third-order valence-electron chi connectivity index (χ3n) is 3.17. The molecule has 1 atom stereocenters. The highest BCUT2D eigenvalue weighted by molar-refractivity contribution is 7.89. The summed E-state index contributed by atoms with van der Waals surface area (Å²) < 4.78 is 32.1. The molecule has 1 saturated heterocycles. The lowest BCUT2D eigenvalue weighted by Gasteiger charge is -2.22. The predicted molar refractivity (Wildman–Crippen MR) is 66.7 cm³/mol. The minimum absolute atomic E-state index is 0.0190. The SMILES string of the molecule is CCC1CN(S(=O)(=O)c2cn[nH]c2C)CCCO1. The van der Waals surface area contributed by atoms with Crippen molar-refractivity contribution in [2.45, 2.75) is 37.7 Å². The molecule has 7 heteroatoms. The number of ether oxygens (including phenoxy) is 1. The lowest BCUT2D eigenvalue weighted by Crippen LogP contribution is -2.36. The smallest absolute Gasteiger partial charge is 0.246 e. The molecule has 1 aliphatic rings. The second-order valence-corrected chi connectivity index (χ2v) is 6.38. The van der Waals surface area contributed by atoms with E-state index in [0.29, 0.717) is 25.4 Å². The third-order valence-corrected chi connectivity index (χ3v) is 5.15. The van der Waals surface area contributed by atoms with Gasteiger partial charge in [-0.25, -0.2) is 8.42 Å². The monoisotopic (exact) mass is 273 g/mol. The van der Waals surface area contributed by atoms with Gasteiger partial charge in [-0.05, 0) is 19.8 Å².